The summed E-state index contributed by atoms with van der Waals surface area (Å²) in [4.78, 5) is 4.64. The van der Waals surface area contributed by atoms with Crippen molar-refractivity contribution in [3.63, 3.8) is 0 Å². The van der Waals surface area contributed by atoms with E-state index < -0.39 is 0 Å². The van der Waals surface area contributed by atoms with Crippen molar-refractivity contribution in [1.82, 2.24) is 14.8 Å². The molecule has 0 spiro atoms. The quantitative estimate of drug-likeness (QED) is 0.802. The standard InChI is InChI=1S/C15H18N4S/c1-3-10-8-13(19(2)18-10)11(16)9-15-17-12-6-4-5-7-14(12)20-15/h4-8,11H,3,9,16H2,1-2H3. The zero-order chi connectivity index (χ0) is 14.1. The van der Waals surface area contributed by atoms with Crippen LogP contribution >= 0.6 is 11.3 Å². The number of nitrogens with zero attached hydrogens (tertiary/aromatic N) is 3. The molecule has 1 unspecified atom stereocenters. The van der Waals surface area contributed by atoms with E-state index in [1.165, 1.54) is 4.70 Å². The summed E-state index contributed by atoms with van der Waals surface area (Å²) in [5, 5.41) is 5.54. The molecule has 0 bridgehead atoms. The molecule has 2 N–H and O–H groups in total. The second-order valence-corrected chi connectivity index (χ2v) is 6.04. The first kappa shape index (κ1) is 13.3. The van der Waals surface area contributed by atoms with Crippen molar-refractivity contribution in [1.29, 1.82) is 0 Å². The monoisotopic (exact) mass is 286 g/mol. The van der Waals surface area contributed by atoms with Crippen LogP contribution in [-0.4, -0.2) is 14.8 Å². The lowest BCUT2D eigenvalue weighted by molar-refractivity contribution is 0.613. The van der Waals surface area contributed by atoms with E-state index in [0.717, 1.165) is 34.8 Å². The molecular weight excluding hydrogens is 268 g/mol. The predicted octanol–water partition coefficient (Wildman–Crippen LogP) is 2.83. The van der Waals surface area contributed by atoms with Crippen molar-refractivity contribution < 1.29 is 0 Å². The van der Waals surface area contributed by atoms with Crippen LogP contribution in [0.5, 0.6) is 0 Å². The van der Waals surface area contributed by atoms with Gasteiger partial charge in [0.25, 0.3) is 0 Å². The Labute approximate surface area is 122 Å². The Morgan fingerprint density at radius 1 is 1.35 bits per heavy atom. The number of para-hydroxylation sites is 1. The van der Waals surface area contributed by atoms with Crippen LogP contribution in [0, 0.1) is 0 Å². The lowest BCUT2D eigenvalue weighted by atomic mass is 10.1. The molecule has 3 aromatic rings. The van der Waals surface area contributed by atoms with Gasteiger partial charge in [0.2, 0.25) is 0 Å². The smallest absolute Gasteiger partial charge is 0.0958 e. The topological polar surface area (TPSA) is 56.7 Å². The first-order valence-electron chi connectivity index (χ1n) is 6.80. The van der Waals surface area contributed by atoms with Crippen LogP contribution < -0.4 is 5.73 Å². The molecule has 1 atom stereocenters. The minimum Gasteiger partial charge on any atom is -0.322 e. The van der Waals surface area contributed by atoms with E-state index in [2.05, 4.69) is 29.1 Å². The fourth-order valence-electron chi connectivity index (χ4n) is 2.36. The van der Waals surface area contributed by atoms with Gasteiger partial charge in [-0.3, -0.25) is 4.68 Å². The average molecular weight is 286 g/mol. The van der Waals surface area contributed by atoms with E-state index in [-0.39, 0.29) is 6.04 Å². The van der Waals surface area contributed by atoms with Gasteiger partial charge in [-0.15, -0.1) is 11.3 Å². The van der Waals surface area contributed by atoms with Crippen molar-refractivity contribution >= 4 is 21.6 Å². The molecule has 0 amide bonds. The molecule has 0 saturated heterocycles. The predicted molar refractivity (Wildman–Crippen MR) is 82.8 cm³/mol. The molecule has 1 aromatic carbocycles. The second-order valence-electron chi connectivity index (χ2n) is 4.92. The molecule has 0 aliphatic heterocycles. The number of rotatable bonds is 4. The number of aromatic nitrogens is 3. The molecule has 0 aliphatic carbocycles. The normalized spacial score (nSPS) is 12.9. The maximum absolute atomic E-state index is 6.32. The molecule has 0 fully saturated rings. The number of hydrogen-bond donors (Lipinski definition) is 1. The van der Waals surface area contributed by atoms with Crippen LogP contribution in [0.25, 0.3) is 10.2 Å². The highest BCUT2D eigenvalue weighted by atomic mass is 32.1. The molecule has 20 heavy (non-hydrogen) atoms. The van der Waals surface area contributed by atoms with Gasteiger partial charge in [-0.25, -0.2) is 4.98 Å². The Balaban J connectivity index is 1.84. The number of benzene rings is 1. The maximum Gasteiger partial charge on any atom is 0.0958 e. The van der Waals surface area contributed by atoms with E-state index in [0.29, 0.717) is 0 Å². The summed E-state index contributed by atoms with van der Waals surface area (Å²) >= 11 is 1.72. The molecule has 104 valence electrons. The SMILES string of the molecule is CCc1cc(C(N)Cc2nc3ccccc3s2)n(C)n1. The summed E-state index contributed by atoms with van der Waals surface area (Å²) in [5.74, 6) is 0. The van der Waals surface area contributed by atoms with Crippen molar-refractivity contribution in [2.24, 2.45) is 12.8 Å². The van der Waals surface area contributed by atoms with Gasteiger partial charge in [-0.05, 0) is 24.6 Å². The molecule has 0 radical (unpaired) electrons. The summed E-state index contributed by atoms with van der Waals surface area (Å²) < 4.78 is 3.10. The minimum atomic E-state index is -0.0617. The summed E-state index contributed by atoms with van der Waals surface area (Å²) in [5.41, 5.74) is 9.53. The summed E-state index contributed by atoms with van der Waals surface area (Å²) in [6.07, 6.45) is 1.68. The van der Waals surface area contributed by atoms with Crippen LogP contribution in [0.3, 0.4) is 0 Å². The van der Waals surface area contributed by atoms with Gasteiger partial charge >= 0.3 is 0 Å². The summed E-state index contributed by atoms with van der Waals surface area (Å²) in [6, 6.07) is 10.2. The molecule has 3 rings (SSSR count). The number of hydrogen-bond acceptors (Lipinski definition) is 4. The Bertz CT molecular complexity index is 695. The molecule has 0 aliphatic rings. The van der Waals surface area contributed by atoms with Crippen LogP contribution in [0.1, 0.15) is 29.4 Å². The fraction of sp³-hybridized carbons (Fsp3) is 0.333. The van der Waals surface area contributed by atoms with Gasteiger partial charge in [0.05, 0.1) is 32.7 Å². The van der Waals surface area contributed by atoms with E-state index in [1.807, 2.05) is 29.9 Å². The minimum absolute atomic E-state index is 0.0617. The molecule has 2 aromatic heterocycles. The lowest BCUT2D eigenvalue weighted by Gasteiger charge is -2.09. The maximum atomic E-state index is 6.32. The van der Waals surface area contributed by atoms with Crippen molar-refractivity contribution in [3.8, 4) is 0 Å². The van der Waals surface area contributed by atoms with Gasteiger partial charge in [-0.2, -0.15) is 5.10 Å². The Hall–Kier alpha value is -1.72. The summed E-state index contributed by atoms with van der Waals surface area (Å²) in [6.45, 7) is 2.10. The zero-order valence-electron chi connectivity index (χ0n) is 11.7. The first-order chi connectivity index (χ1) is 9.67. The van der Waals surface area contributed by atoms with Gasteiger partial charge in [0.15, 0.2) is 0 Å². The van der Waals surface area contributed by atoms with Gasteiger partial charge < -0.3 is 5.73 Å². The largest absolute Gasteiger partial charge is 0.322 e. The second kappa shape index (κ2) is 5.34. The molecule has 4 nitrogen and oxygen atoms in total. The molecule has 2 heterocycles. The third-order valence-electron chi connectivity index (χ3n) is 3.44. The third kappa shape index (κ3) is 2.46. The van der Waals surface area contributed by atoms with Crippen LogP contribution in [0.2, 0.25) is 0 Å². The first-order valence-corrected chi connectivity index (χ1v) is 7.62. The Morgan fingerprint density at radius 2 is 2.15 bits per heavy atom. The fourth-order valence-corrected chi connectivity index (χ4v) is 3.39. The van der Waals surface area contributed by atoms with Crippen molar-refractivity contribution in [2.45, 2.75) is 25.8 Å². The zero-order valence-corrected chi connectivity index (χ0v) is 12.5. The van der Waals surface area contributed by atoms with Crippen LogP contribution in [0.15, 0.2) is 30.3 Å². The molecular formula is C15H18N4S. The van der Waals surface area contributed by atoms with Crippen LogP contribution in [0.4, 0.5) is 0 Å². The lowest BCUT2D eigenvalue weighted by Crippen LogP contribution is -2.16. The number of thiazole rings is 1. The third-order valence-corrected chi connectivity index (χ3v) is 4.50. The number of aryl methyl sites for hydroxylation is 2. The molecule has 5 heteroatoms. The van der Waals surface area contributed by atoms with E-state index in [1.54, 1.807) is 11.3 Å². The van der Waals surface area contributed by atoms with Gasteiger partial charge in [0, 0.05) is 13.5 Å². The highest BCUT2D eigenvalue weighted by Gasteiger charge is 2.15. The number of fused-ring (bicyclic) bond motifs is 1. The summed E-state index contributed by atoms with van der Waals surface area (Å²) in [7, 11) is 1.95. The number of nitrogens with two attached hydrogens (primary N) is 1. The average Bonchev–Trinajstić information content (AvgIpc) is 3.01. The van der Waals surface area contributed by atoms with Crippen molar-refractivity contribution in [3.05, 3.63) is 46.7 Å². The Morgan fingerprint density at radius 3 is 2.85 bits per heavy atom. The van der Waals surface area contributed by atoms with E-state index >= 15 is 0 Å². The highest BCUT2D eigenvalue weighted by molar-refractivity contribution is 7.18. The highest BCUT2D eigenvalue weighted by Crippen LogP contribution is 2.25. The van der Waals surface area contributed by atoms with Crippen LogP contribution in [-0.2, 0) is 19.9 Å². The van der Waals surface area contributed by atoms with E-state index in [9.17, 15) is 0 Å². The Kier molecular flexibility index (Phi) is 3.54. The molecule has 0 saturated carbocycles. The van der Waals surface area contributed by atoms with Gasteiger partial charge in [0.1, 0.15) is 0 Å². The van der Waals surface area contributed by atoms with Gasteiger partial charge in [-0.1, -0.05) is 19.1 Å². The van der Waals surface area contributed by atoms with Crippen molar-refractivity contribution in [2.75, 3.05) is 0 Å². The van der Waals surface area contributed by atoms with E-state index in [4.69, 9.17) is 5.73 Å².